The van der Waals surface area contributed by atoms with Gasteiger partial charge in [0.25, 0.3) is 0 Å². The van der Waals surface area contributed by atoms with Crippen LogP contribution in [0.5, 0.6) is 34.5 Å². The van der Waals surface area contributed by atoms with Gasteiger partial charge < -0.3 is 64.3 Å². The molecule has 4 aromatic carbocycles. The summed E-state index contributed by atoms with van der Waals surface area (Å²) in [5, 5.41) is 88.0. The van der Waals surface area contributed by atoms with Crippen molar-refractivity contribution < 1.29 is 64.3 Å². The fraction of sp³-hybridized carbons (Fsp3) is 0.211. The molecule has 15 nitrogen and oxygen atoms in total. The van der Waals surface area contributed by atoms with Crippen LogP contribution in [0.2, 0.25) is 0 Å². The Labute approximate surface area is 298 Å². The van der Waals surface area contributed by atoms with Gasteiger partial charge in [0.1, 0.15) is 92.4 Å². The minimum atomic E-state index is -1.65. The summed E-state index contributed by atoms with van der Waals surface area (Å²) in [7, 11) is 0. The second-order valence-corrected chi connectivity index (χ2v) is 12.4. The first-order valence-corrected chi connectivity index (χ1v) is 16.0. The smallest absolute Gasteiger partial charge is 0.229 e. The van der Waals surface area contributed by atoms with Crippen LogP contribution in [0.4, 0.5) is 0 Å². The van der Waals surface area contributed by atoms with E-state index in [-0.39, 0.29) is 56.4 Å². The van der Waals surface area contributed by atoms with E-state index in [1.165, 1.54) is 36.4 Å². The number of fused-ring (bicyclic) bond motifs is 2. The summed E-state index contributed by atoms with van der Waals surface area (Å²) in [5.41, 5.74) is 1.53. The van der Waals surface area contributed by atoms with Gasteiger partial charge in [0.2, 0.25) is 6.29 Å². The van der Waals surface area contributed by atoms with E-state index in [0.29, 0.717) is 28.0 Å². The standard InChI is InChI=1S/C22H22O10.C16H12O5/c1-9-4-10(2-3-12(9)24)15-7-14(26)18-13(25)5-11(6-16(18)31-15)30-22-21(29)20(28)19(27)17(8-23)32-22;1-8-4-9(2-3-11(8)18)14-7-13(20)16-12(19)5-10(17)6-15(16)21-14/h2-7,17,19-25,27-29H,8H2,1H3;2-7,17-19H,1H3/t17-,19-,20+,21-,22?;/m1./s1. The van der Waals surface area contributed by atoms with Gasteiger partial charge in [-0.15, -0.1) is 0 Å². The summed E-state index contributed by atoms with van der Waals surface area (Å²) in [6.45, 7) is 2.80. The quantitative estimate of drug-likeness (QED) is 0.123. The van der Waals surface area contributed by atoms with Crippen LogP contribution >= 0.6 is 0 Å². The molecule has 3 heterocycles. The van der Waals surface area contributed by atoms with Crippen molar-refractivity contribution >= 4 is 21.9 Å². The van der Waals surface area contributed by atoms with Gasteiger partial charge in [0.05, 0.1) is 6.61 Å². The average Bonchev–Trinajstić information content (AvgIpc) is 3.10. The SMILES string of the molecule is Cc1cc(-c2cc(=O)c3c(O)cc(O)cc3o2)ccc1O.Cc1cc(-c2cc(=O)c3c(O)cc(OC4O[C@H](CO)[C@@H](O)[C@H](O)[C@H]4O)cc3o2)ccc1O. The Hall–Kier alpha value is -6.10. The Morgan fingerprint density at radius 3 is 1.62 bits per heavy atom. The molecule has 6 aromatic rings. The number of aryl methyl sites for hydroxylation is 2. The molecule has 0 saturated carbocycles. The van der Waals surface area contributed by atoms with Crippen molar-refractivity contribution in [3.05, 3.63) is 104 Å². The maximum absolute atomic E-state index is 12.6. The average molecular weight is 731 g/mol. The number of aliphatic hydroxyl groups excluding tert-OH is 4. The number of hydrogen-bond donors (Lipinski definition) is 9. The van der Waals surface area contributed by atoms with E-state index in [4.69, 9.17) is 18.3 Å². The Morgan fingerprint density at radius 2 is 1.11 bits per heavy atom. The van der Waals surface area contributed by atoms with Crippen molar-refractivity contribution in [1.29, 1.82) is 0 Å². The first-order valence-electron chi connectivity index (χ1n) is 16.0. The van der Waals surface area contributed by atoms with E-state index in [9.17, 15) is 55.5 Å². The van der Waals surface area contributed by atoms with Crippen LogP contribution in [0, 0.1) is 13.8 Å². The highest BCUT2D eigenvalue weighted by atomic mass is 16.7. The molecule has 1 unspecified atom stereocenters. The topological polar surface area (TPSA) is 261 Å². The molecule has 7 rings (SSSR count). The van der Waals surface area contributed by atoms with E-state index in [0.717, 1.165) is 12.1 Å². The van der Waals surface area contributed by atoms with Crippen LogP contribution in [-0.4, -0.2) is 83.3 Å². The third-order valence-corrected chi connectivity index (χ3v) is 8.64. The first kappa shape index (κ1) is 36.7. The lowest BCUT2D eigenvalue weighted by molar-refractivity contribution is -0.277. The Balaban J connectivity index is 0.000000198. The summed E-state index contributed by atoms with van der Waals surface area (Å²) >= 11 is 0. The van der Waals surface area contributed by atoms with Crippen LogP contribution in [-0.2, 0) is 4.74 Å². The van der Waals surface area contributed by atoms with Gasteiger partial charge in [-0.1, -0.05) is 0 Å². The van der Waals surface area contributed by atoms with E-state index < -0.39 is 53.9 Å². The maximum atomic E-state index is 12.6. The summed E-state index contributed by atoms with van der Waals surface area (Å²) in [5.74, 6) is -0.294. The molecule has 0 spiro atoms. The van der Waals surface area contributed by atoms with E-state index in [1.807, 2.05) is 0 Å². The van der Waals surface area contributed by atoms with Gasteiger partial charge in [-0.05, 0) is 61.4 Å². The van der Waals surface area contributed by atoms with Gasteiger partial charge in [0, 0.05) is 47.5 Å². The Kier molecular flexibility index (Phi) is 10.0. The molecule has 2 aromatic heterocycles. The van der Waals surface area contributed by atoms with Crippen LogP contribution in [0.25, 0.3) is 44.6 Å². The third-order valence-electron chi connectivity index (χ3n) is 8.64. The van der Waals surface area contributed by atoms with Crippen molar-refractivity contribution in [3.63, 3.8) is 0 Å². The fourth-order valence-electron chi connectivity index (χ4n) is 5.77. The van der Waals surface area contributed by atoms with Gasteiger partial charge in [-0.3, -0.25) is 9.59 Å². The van der Waals surface area contributed by atoms with Crippen molar-refractivity contribution in [2.45, 2.75) is 44.6 Å². The molecule has 1 aliphatic rings. The van der Waals surface area contributed by atoms with Gasteiger partial charge >= 0.3 is 0 Å². The molecule has 15 heteroatoms. The molecule has 1 saturated heterocycles. The molecule has 0 bridgehead atoms. The van der Waals surface area contributed by atoms with Crippen LogP contribution in [0.3, 0.4) is 0 Å². The molecule has 0 aliphatic carbocycles. The molecule has 0 radical (unpaired) electrons. The highest BCUT2D eigenvalue weighted by Crippen LogP contribution is 2.35. The van der Waals surface area contributed by atoms with Crippen molar-refractivity contribution in [1.82, 2.24) is 0 Å². The van der Waals surface area contributed by atoms with Crippen molar-refractivity contribution in [3.8, 4) is 57.1 Å². The zero-order valence-corrected chi connectivity index (χ0v) is 28.0. The largest absolute Gasteiger partial charge is 0.508 e. The van der Waals surface area contributed by atoms with Crippen molar-refractivity contribution in [2.24, 2.45) is 0 Å². The fourth-order valence-corrected chi connectivity index (χ4v) is 5.77. The lowest BCUT2D eigenvalue weighted by atomic mass is 9.99. The number of ether oxygens (including phenoxy) is 2. The zero-order valence-electron chi connectivity index (χ0n) is 28.0. The Bertz CT molecular complexity index is 2450. The highest BCUT2D eigenvalue weighted by molar-refractivity contribution is 5.87. The second-order valence-electron chi connectivity index (χ2n) is 12.4. The minimum absolute atomic E-state index is 0.0159. The highest BCUT2D eigenvalue weighted by Gasteiger charge is 2.44. The second kappa shape index (κ2) is 14.5. The maximum Gasteiger partial charge on any atom is 0.229 e. The number of phenols is 5. The molecule has 53 heavy (non-hydrogen) atoms. The Morgan fingerprint density at radius 1 is 0.604 bits per heavy atom. The summed E-state index contributed by atoms with van der Waals surface area (Å²) in [6, 6.07) is 16.7. The molecule has 0 amide bonds. The zero-order chi connectivity index (χ0) is 38.3. The van der Waals surface area contributed by atoms with Gasteiger partial charge in [0.15, 0.2) is 10.9 Å². The van der Waals surface area contributed by atoms with E-state index in [2.05, 4.69) is 0 Å². The number of aromatic hydroxyl groups is 5. The molecule has 1 fully saturated rings. The molecular weight excluding hydrogens is 696 g/mol. The van der Waals surface area contributed by atoms with E-state index in [1.54, 1.807) is 38.1 Å². The molecular formula is C38H34O15. The molecule has 1 aliphatic heterocycles. The van der Waals surface area contributed by atoms with Gasteiger partial charge in [-0.2, -0.15) is 0 Å². The monoisotopic (exact) mass is 730 g/mol. The molecule has 5 atom stereocenters. The molecule has 9 N–H and O–H groups in total. The summed E-state index contributed by atoms with van der Waals surface area (Å²) < 4.78 is 22.2. The number of phenolic OH excluding ortho intramolecular Hbond substituents is 5. The summed E-state index contributed by atoms with van der Waals surface area (Å²) in [6.07, 6.45) is -7.48. The number of benzene rings is 4. The first-order chi connectivity index (χ1) is 25.1. The number of rotatable bonds is 5. The minimum Gasteiger partial charge on any atom is -0.508 e. The third kappa shape index (κ3) is 7.32. The number of hydrogen-bond acceptors (Lipinski definition) is 15. The van der Waals surface area contributed by atoms with Crippen molar-refractivity contribution in [2.75, 3.05) is 6.61 Å². The predicted octanol–water partition coefficient (Wildman–Crippen LogP) is 3.24. The predicted molar refractivity (Wildman–Crippen MR) is 188 cm³/mol. The lowest BCUT2D eigenvalue weighted by Gasteiger charge is -2.39. The van der Waals surface area contributed by atoms with Crippen LogP contribution in [0.15, 0.2) is 91.2 Å². The van der Waals surface area contributed by atoms with E-state index >= 15 is 0 Å². The number of aliphatic hydroxyl groups is 4. The van der Waals surface area contributed by atoms with Gasteiger partial charge in [-0.25, -0.2) is 0 Å². The van der Waals surface area contributed by atoms with Crippen LogP contribution in [0.1, 0.15) is 11.1 Å². The normalized spacial score (nSPS) is 19.8. The lowest BCUT2D eigenvalue weighted by Crippen LogP contribution is -2.60. The van der Waals surface area contributed by atoms with Crippen LogP contribution < -0.4 is 15.6 Å². The molecule has 276 valence electrons. The summed E-state index contributed by atoms with van der Waals surface area (Å²) in [4.78, 5) is 24.7.